The molecule has 1 heterocycles. The van der Waals surface area contributed by atoms with Crippen LogP contribution in [0.2, 0.25) is 0 Å². The lowest BCUT2D eigenvalue weighted by atomic mass is 9.96. The Morgan fingerprint density at radius 3 is 2.17 bits per heavy atom. The lowest BCUT2D eigenvalue weighted by Gasteiger charge is -2.31. The average Bonchev–Trinajstić information content (AvgIpc) is 3.14. The highest BCUT2D eigenvalue weighted by Crippen LogP contribution is 2.44. The van der Waals surface area contributed by atoms with Crippen LogP contribution in [-0.2, 0) is 19.0 Å². The molecule has 5 nitrogen and oxygen atoms in total. The first kappa shape index (κ1) is 19.6. The van der Waals surface area contributed by atoms with Gasteiger partial charge < -0.3 is 14.2 Å². The van der Waals surface area contributed by atoms with Crippen molar-refractivity contribution in [2.24, 2.45) is 4.99 Å². The maximum Gasteiger partial charge on any atom is 0.392 e. The number of hydrogen-bond acceptors (Lipinski definition) is 5. The molecule has 2 aromatic carbocycles. The SMILES string of the molecule is CC(OC(C)(C)C)C1(C)N=C(OCC2c3ccccc3-c3ccccc32)OC1=O. The molecule has 4 rings (SSSR count). The van der Waals surface area contributed by atoms with E-state index in [0.717, 1.165) is 0 Å². The van der Waals surface area contributed by atoms with Crippen molar-refractivity contribution in [3.63, 3.8) is 0 Å². The molecule has 0 saturated heterocycles. The van der Waals surface area contributed by atoms with Gasteiger partial charge >= 0.3 is 12.1 Å². The molecule has 2 atom stereocenters. The van der Waals surface area contributed by atoms with Crippen LogP contribution >= 0.6 is 0 Å². The molecule has 0 spiro atoms. The number of cyclic esters (lactones) is 1. The second-order valence-electron chi connectivity index (χ2n) is 8.83. The van der Waals surface area contributed by atoms with Crippen molar-refractivity contribution in [2.75, 3.05) is 6.61 Å². The second kappa shape index (κ2) is 6.99. The van der Waals surface area contributed by atoms with Crippen LogP contribution in [0.3, 0.4) is 0 Å². The molecule has 2 aromatic rings. The first-order chi connectivity index (χ1) is 13.7. The Labute approximate surface area is 171 Å². The minimum Gasteiger partial charge on any atom is -0.449 e. The van der Waals surface area contributed by atoms with E-state index in [2.05, 4.69) is 29.3 Å². The third-order valence-electron chi connectivity index (χ3n) is 5.57. The molecule has 152 valence electrons. The summed E-state index contributed by atoms with van der Waals surface area (Å²) in [5.41, 5.74) is 3.36. The van der Waals surface area contributed by atoms with Crippen molar-refractivity contribution in [2.45, 2.75) is 57.8 Å². The maximum atomic E-state index is 12.5. The third-order valence-corrected chi connectivity index (χ3v) is 5.57. The highest BCUT2D eigenvalue weighted by Gasteiger charge is 2.49. The smallest absolute Gasteiger partial charge is 0.392 e. The quantitative estimate of drug-likeness (QED) is 0.707. The van der Waals surface area contributed by atoms with Gasteiger partial charge in [-0.05, 0) is 56.9 Å². The van der Waals surface area contributed by atoms with Gasteiger partial charge in [-0.15, -0.1) is 0 Å². The molecule has 1 aliphatic heterocycles. The number of nitrogens with zero attached hydrogens (tertiary/aromatic N) is 1. The van der Waals surface area contributed by atoms with E-state index in [1.54, 1.807) is 6.92 Å². The van der Waals surface area contributed by atoms with Gasteiger partial charge in [0.05, 0.1) is 11.7 Å². The Kier molecular flexibility index (Phi) is 4.74. The number of ether oxygens (including phenoxy) is 3. The summed E-state index contributed by atoms with van der Waals surface area (Å²) in [4.78, 5) is 17.0. The van der Waals surface area contributed by atoms with E-state index in [4.69, 9.17) is 14.2 Å². The van der Waals surface area contributed by atoms with Crippen molar-refractivity contribution in [3.8, 4) is 11.1 Å². The van der Waals surface area contributed by atoms with E-state index in [9.17, 15) is 4.79 Å². The molecule has 0 aromatic heterocycles. The van der Waals surface area contributed by atoms with Gasteiger partial charge in [-0.1, -0.05) is 48.5 Å². The number of carbonyl (C=O) groups excluding carboxylic acids is 1. The van der Waals surface area contributed by atoms with Gasteiger partial charge in [0.2, 0.25) is 0 Å². The summed E-state index contributed by atoms with van der Waals surface area (Å²) in [5.74, 6) is -0.379. The summed E-state index contributed by atoms with van der Waals surface area (Å²) in [5, 5.41) is 0. The predicted molar refractivity (Wildman–Crippen MR) is 112 cm³/mol. The molecular weight excluding hydrogens is 366 g/mol. The number of aliphatic imine (C=N–C) groups is 1. The third kappa shape index (κ3) is 3.55. The van der Waals surface area contributed by atoms with Crippen molar-refractivity contribution in [1.29, 1.82) is 0 Å². The number of carbonyl (C=O) groups is 1. The van der Waals surface area contributed by atoms with Gasteiger partial charge in [0.25, 0.3) is 0 Å². The van der Waals surface area contributed by atoms with Gasteiger partial charge in [-0.2, -0.15) is 4.99 Å². The zero-order valence-electron chi connectivity index (χ0n) is 17.6. The molecule has 29 heavy (non-hydrogen) atoms. The molecule has 0 bridgehead atoms. The Bertz CT molecular complexity index is 929. The monoisotopic (exact) mass is 393 g/mol. The summed E-state index contributed by atoms with van der Waals surface area (Å²) >= 11 is 0. The maximum absolute atomic E-state index is 12.5. The molecule has 0 saturated carbocycles. The van der Waals surface area contributed by atoms with E-state index in [1.165, 1.54) is 22.3 Å². The molecular formula is C24H27NO4. The van der Waals surface area contributed by atoms with E-state index in [-0.39, 0.29) is 17.6 Å². The van der Waals surface area contributed by atoms with Gasteiger partial charge in [-0.3, -0.25) is 0 Å². The number of rotatable bonds is 4. The van der Waals surface area contributed by atoms with E-state index >= 15 is 0 Å². The average molecular weight is 393 g/mol. The van der Waals surface area contributed by atoms with E-state index in [0.29, 0.717) is 6.61 Å². The minimum absolute atomic E-state index is 0.0173. The lowest BCUT2D eigenvalue weighted by molar-refractivity contribution is -0.149. The largest absolute Gasteiger partial charge is 0.449 e. The van der Waals surface area contributed by atoms with Crippen LogP contribution in [0.4, 0.5) is 0 Å². The number of esters is 1. The normalized spacial score (nSPS) is 22.0. The highest BCUT2D eigenvalue weighted by molar-refractivity contribution is 5.97. The van der Waals surface area contributed by atoms with Gasteiger partial charge in [0, 0.05) is 5.92 Å². The first-order valence-corrected chi connectivity index (χ1v) is 10.00. The lowest BCUT2D eigenvalue weighted by Crippen LogP contribution is -2.46. The van der Waals surface area contributed by atoms with Crippen LogP contribution in [-0.4, -0.2) is 35.9 Å². The van der Waals surface area contributed by atoms with Crippen LogP contribution < -0.4 is 0 Å². The number of benzene rings is 2. The summed E-state index contributed by atoms with van der Waals surface area (Å²) in [6.07, 6.45) is -0.423. The zero-order valence-corrected chi connectivity index (χ0v) is 17.6. The van der Waals surface area contributed by atoms with Crippen LogP contribution in [0, 0.1) is 0 Å². The summed E-state index contributed by atoms with van der Waals surface area (Å²) in [6.45, 7) is 9.76. The Hall–Kier alpha value is -2.66. The summed E-state index contributed by atoms with van der Waals surface area (Å²) in [7, 11) is 0. The fourth-order valence-corrected chi connectivity index (χ4v) is 4.00. The topological polar surface area (TPSA) is 57.1 Å². The number of hydrogen-bond donors (Lipinski definition) is 0. The standard InChI is InChI=1S/C24H27NO4/c1-15(29-23(2,3)4)24(5)21(26)28-22(25-24)27-14-20-18-12-8-6-10-16(18)17-11-7-9-13-19(17)20/h6-13,15,20H,14H2,1-5H3. The molecule has 2 aliphatic rings. The van der Waals surface area contributed by atoms with Gasteiger partial charge in [0.1, 0.15) is 6.61 Å². The molecule has 2 unspecified atom stereocenters. The fourth-order valence-electron chi connectivity index (χ4n) is 4.00. The van der Waals surface area contributed by atoms with Crippen LogP contribution in [0.5, 0.6) is 0 Å². The first-order valence-electron chi connectivity index (χ1n) is 10.00. The van der Waals surface area contributed by atoms with Crippen LogP contribution in [0.15, 0.2) is 53.5 Å². The molecule has 0 N–H and O–H groups in total. The van der Waals surface area contributed by atoms with Gasteiger partial charge in [-0.25, -0.2) is 4.79 Å². The summed E-state index contributed by atoms with van der Waals surface area (Å²) < 4.78 is 17.2. The zero-order chi connectivity index (χ0) is 20.8. The predicted octanol–water partition coefficient (Wildman–Crippen LogP) is 4.69. The number of fused-ring (bicyclic) bond motifs is 3. The molecule has 1 aliphatic carbocycles. The van der Waals surface area contributed by atoms with E-state index < -0.39 is 17.6 Å². The second-order valence-corrected chi connectivity index (χ2v) is 8.83. The van der Waals surface area contributed by atoms with Crippen LogP contribution in [0.25, 0.3) is 11.1 Å². The molecule has 0 amide bonds. The fraction of sp³-hybridized carbons (Fsp3) is 0.417. The van der Waals surface area contributed by atoms with Crippen molar-refractivity contribution < 1.29 is 19.0 Å². The Balaban J connectivity index is 1.53. The Morgan fingerprint density at radius 1 is 1.07 bits per heavy atom. The summed E-state index contributed by atoms with van der Waals surface area (Å²) in [6, 6.07) is 16.7. The van der Waals surface area contributed by atoms with Crippen molar-refractivity contribution >= 4 is 12.1 Å². The van der Waals surface area contributed by atoms with Crippen LogP contribution in [0.1, 0.15) is 51.7 Å². The van der Waals surface area contributed by atoms with Crippen molar-refractivity contribution in [3.05, 3.63) is 59.7 Å². The molecule has 0 radical (unpaired) electrons. The van der Waals surface area contributed by atoms with Crippen molar-refractivity contribution in [1.82, 2.24) is 0 Å². The molecule has 5 heteroatoms. The van der Waals surface area contributed by atoms with E-state index in [1.807, 2.05) is 52.0 Å². The molecule has 0 fully saturated rings. The highest BCUT2D eigenvalue weighted by atomic mass is 16.7. The van der Waals surface area contributed by atoms with Gasteiger partial charge in [0.15, 0.2) is 5.54 Å². The minimum atomic E-state index is -1.12. The Morgan fingerprint density at radius 2 is 1.62 bits per heavy atom.